The van der Waals surface area contributed by atoms with Crippen molar-refractivity contribution in [2.24, 2.45) is 23.3 Å². The summed E-state index contributed by atoms with van der Waals surface area (Å²) in [6.45, 7) is 2.63. The average molecular weight is 1210 g/mol. The molecule has 2 aromatic rings. The zero-order chi connectivity index (χ0) is 44.9. The van der Waals surface area contributed by atoms with Crippen LogP contribution in [0.4, 0.5) is 0 Å². The van der Waals surface area contributed by atoms with Gasteiger partial charge in [0.15, 0.2) is 0 Å². The van der Waals surface area contributed by atoms with Crippen LogP contribution in [0.25, 0.3) is 0 Å². The Hall–Kier alpha value is -3.03. The average Bonchev–Trinajstić information content (AvgIpc) is 3.19. The number of amides is 4. The van der Waals surface area contributed by atoms with E-state index in [1.54, 1.807) is 48.5 Å². The predicted molar refractivity (Wildman–Crippen MR) is 248 cm³/mol. The Bertz CT molecular complexity index is 1650. The van der Waals surface area contributed by atoms with Crippen molar-refractivity contribution < 1.29 is 54.7 Å². The number of carboxylic acids is 2. The van der Waals surface area contributed by atoms with Gasteiger partial charge in [-0.1, -0.05) is 62.8 Å². The number of nitrogens with two attached hydrogens (primary N) is 4. The third-order valence-electron chi connectivity index (χ3n) is 10.2. The molecule has 2 saturated carbocycles. The number of benzene rings is 2. The van der Waals surface area contributed by atoms with Gasteiger partial charge in [-0.25, -0.2) is 4.79 Å². The van der Waals surface area contributed by atoms with Crippen LogP contribution in [0.15, 0.2) is 48.5 Å². The van der Waals surface area contributed by atoms with Gasteiger partial charge in [0, 0.05) is 26.7 Å². The molecule has 4 amide bonds. The minimum absolute atomic E-state index is 0.0875. The fourth-order valence-electron chi connectivity index (χ4n) is 7.24. The van der Waals surface area contributed by atoms with E-state index in [2.05, 4.69) is 81.2 Å². The van der Waals surface area contributed by atoms with Crippen LogP contribution in [0.3, 0.4) is 0 Å². The summed E-state index contributed by atoms with van der Waals surface area (Å²) in [5.74, 6) is -3.96. The van der Waals surface area contributed by atoms with E-state index in [-0.39, 0.29) is 53.1 Å². The fraction of sp³-hybridized carbons (Fsp3) is 0.500. The summed E-state index contributed by atoms with van der Waals surface area (Å²) < 4.78 is 0. The molecular formula is C40H57I3N8O8V+. The van der Waals surface area contributed by atoms with Crippen molar-refractivity contribution in [2.75, 3.05) is 0 Å². The van der Waals surface area contributed by atoms with Gasteiger partial charge in [-0.3, -0.25) is 41.5 Å². The summed E-state index contributed by atoms with van der Waals surface area (Å²) >= 11 is 7.39. The number of carboxylic acid groups (broad SMARTS) is 2. The molecule has 2 aromatic carbocycles. The van der Waals surface area contributed by atoms with E-state index < -0.39 is 47.9 Å². The number of nitrogens with one attached hydrogen (secondary N) is 4. The van der Waals surface area contributed by atoms with Gasteiger partial charge in [0.2, 0.25) is 23.6 Å². The number of amidine groups is 2. The minimum atomic E-state index is -1.29. The van der Waals surface area contributed by atoms with Gasteiger partial charge in [0.25, 0.3) is 11.7 Å². The predicted octanol–water partition coefficient (Wildman–Crippen LogP) is 0.0157. The first-order valence-corrected chi connectivity index (χ1v) is 33.1. The van der Waals surface area contributed by atoms with E-state index in [0.29, 0.717) is 11.1 Å². The third kappa shape index (κ3) is 20.2. The van der Waals surface area contributed by atoms with Crippen LogP contribution < -0.4 is 48.7 Å². The van der Waals surface area contributed by atoms with Crippen molar-refractivity contribution in [1.82, 2.24) is 21.3 Å². The van der Waals surface area contributed by atoms with Gasteiger partial charge in [0.1, 0.15) is 18.1 Å². The number of aliphatic carboxylic acids is 2. The van der Waals surface area contributed by atoms with E-state index in [4.69, 9.17) is 22.3 Å². The van der Waals surface area contributed by atoms with E-state index in [9.17, 15) is 39.0 Å². The van der Waals surface area contributed by atoms with Crippen LogP contribution in [0.2, 0.25) is 0 Å². The molecule has 16 nitrogen and oxygen atoms in total. The summed E-state index contributed by atoms with van der Waals surface area (Å²) in [6.07, 6.45) is 9.44. The Morgan fingerprint density at radius 3 is 1.25 bits per heavy atom. The van der Waals surface area contributed by atoms with E-state index in [0.717, 1.165) is 75.3 Å². The number of carbonyl (C=O) groups is 6. The number of hydrogen-bond donors (Lipinski definition) is 9. The molecule has 2 unspecified atom stereocenters. The standard InChI is InChI=1S/2C20H28N4O4.3HI.V/c2*1-12(25)23-16(11-13-7-9-15(10-8-13)18(21)22)19(26)24-17(20(27)28)14-5-3-2-4-6-14;;;;/h2*7-10,14,16-17H,2-6,11H2,1H3,(H3,21,22)(H,23,25)(H,24,26)(H,27,28);3*1H;/q;;;;;+3/p-2/t2*16-,17?;;;;/m00..../s1. The SMILES string of the molecule is CC(=O)N[C@@H](Cc1ccc(C(N)=[NH2+])cc1)C(=O)NC(C(=O)O)C1CCCCC1.CC(=O)N[C@@H](Cc1ccc(C(N)=[NH2+])cc1)C(=O)NC(C(=O)[O-])C1CCCCC1.[I][V]([I])[I]. The molecule has 2 fully saturated rings. The fourth-order valence-corrected chi connectivity index (χ4v) is 7.24. The zero-order valence-corrected chi connectivity index (χ0v) is 41.6. The summed E-state index contributed by atoms with van der Waals surface area (Å²) in [5, 5.41) is 42.7. The second-order valence-electron chi connectivity index (χ2n) is 14.8. The van der Waals surface area contributed by atoms with E-state index in [1.807, 2.05) is 0 Å². The Balaban J connectivity index is 0.000000379. The van der Waals surface area contributed by atoms with Crippen molar-refractivity contribution in [3.63, 3.8) is 0 Å². The van der Waals surface area contributed by atoms with Crippen LogP contribution in [-0.4, -0.2) is 76.5 Å². The molecule has 60 heavy (non-hydrogen) atoms. The molecule has 13 N–H and O–H groups in total. The summed E-state index contributed by atoms with van der Waals surface area (Å²) in [6, 6.07) is 10.2. The Kier molecular flexibility index (Phi) is 24.6. The molecule has 4 rings (SSSR count). The zero-order valence-electron chi connectivity index (χ0n) is 33.8. The molecule has 2 aliphatic rings. The summed E-state index contributed by atoms with van der Waals surface area (Å²) in [4.78, 5) is 71.7. The van der Waals surface area contributed by atoms with Gasteiger partial charge in [-0.2, -0.15) is 0 Å². The van der Waals surface area contributed by atoms with Gasteiger partial charge < -0.3 is 36.3 Å². The van der Waals surface area contributed by atoms with Crippen LogP contribution >= 0.6 is 59.9 Å². The summed E-state index contributed by atoms with van der Waals surface area (Å²) in [7, 11) is 0. The second-order valence-corrected chi connectivity index (χ2v) is 50.2. The van der Waals surface area contributed by atoms with Crippen LogP contribution in [0.1, 0.15) is 100 Å². The van der Waals surface area contributed by atoms with E-state index >= 15 is 0 Å². The third-order valence-corrected chi connectivity index (χ3v) is 10.2. The first kappa shape index (κ1) is 53.1. The quantitative estimate of drug-likeness (QED) is 0.0617. The topological polar surface area (TPSA) is 297 Å². The van der Waals surface area contributed by atoms with Crippen molar-refractivity contribution in [2.45, 2.75) is 115 Å². The van der Waals surface area contributed by atoms with Crippen molar-refractivity contribution in [1.29, 1.82) is 0 Å². The molecule has 20 heteroatoms. The maximum atomic E-state index is 12.8. The molecule has 0 aromatic heterocycles. The number of carbonyl (C=O) groups excluding carboxylic acids is 5. The molecule has 0 bridgehead atoms. The molecular weight excluding hydrogens is 1150 g/mol. The van der Waals surface area contributed by atoms with Gasteiger partial charge in [-0.05, 0) is 72.9 Å². The summed E-state index contributed by atoms with van der Waals surface area (Å²) in [5.41, 5.74) is 14.0. The monoisotopic (exact) mass is 1210 g/mol. The van der Waals surface area contributed by atoms with Crippen LogP contribution in [-0.2, 0) is 46.5 Å². The number of halogens is 3. The van der Waals surface area contributed by atoms with Crippen molar-refractivity contribution in [3.05, 3.63) is 70.8 Å². The maximum absolute atomic E-state index is 12.8. The second kappa shape index (κ2) is 27.8. The normalized spacial score (nSPS) is 16.1. The van der Waals surface area contributed by atoms with Gasteiger partial charge >= 0.3 is 70.8 Å². The first-order chi connectivity index (χ1) is 28.3. The van der Waals surface area contributed by atoms with E-state index in [1.165, 1.54) is 13.8 Å². The van der Waals surface area contributed by atoms with Gasteiger partial charge in [-0.15, -0.1) is 0 Å². The molecule has 0 saturated heterocycles. The molecule has 0 radical (unpaired) electrons. The van der Waals surface area contributed by atoms with Gasteiger partial charge in [0.05, 0.1) is 23.1 Å². The molecule has 4 atom stereocenters. The first-order valence-electron chi connectivity index (χ1n) is 19.6. The molecule has 0 aliphatic heterocycles. The Morgan fingerprint density at radius 1 is 0.650 bits per heavy atom. The molecule has 0 heterocycles. The van der Waals surface area contributed by atoms with Crippen LogP contribution in [0, 0.1) is 11.8 Å². The molecule has 2 aliphatic carbocycles. The van der Waals surface area contributed by atoms with Crippen molar-refractivity contribution in [3.8, 4) is 0 Å². The number of hydrogen-bond acceptors (Lipinski definition) is 7. The Labute approximate surface area is 388 Å². The molecule has 330 valence electrons. The molecule has 0 spiro atoms. The number of rotatable bonds is 16. The van der Waals surface area contributed by atoms with Crippen LogP contribution in [0.5, 0.6) is 0 Å². The van der Waals surface area contributed by atoms with Crippen molar-refractivity contribution >= 4 is 107 Å². The Morgan fingerprint density at radius 2 is 0.967 bits per heavy atom.